The van der Waals surface area contributed by atoms with Crippen LogP contribution in [0.4, 0.5) is 0 Å². The first-order chi connectivity index (χ1) is 26.3. The zero-order valence-corrected chi connectivity index (χ0v) is 28.3. The molecule has 0 saturated heterocycles. The molecule has 11 rings (SSSR count). The molecule has 53 heavy (non-hydrogen) atoms. The summed E-state index contributed by atoms with van der Waals surface area (Å²) in [5.74, 6) is 1.70. The van der Waals surface area contributed by atoms with Gasteiger partial charge in [-0.25, -0.2) is 4.98 Å². The smallest absolute Gasteiger partial charge is 0.307 e. The molecule has 248 valence electrons. The summed E-state index contributed by atoms with van der Waals surface area (Å²) >= 11 is 0. The highest BCUT2D eigenvalue weighted by molar-refractivity contribution is 6.23. The van der Waals surface area contributed by atoms with Crippen molar-refractivity contribution in [1.29, 1.82) is 0 Å². The minimum atomic E-state index is 0.501. The third-order valence-electron chi connectivity index (χ3n) is 10.0. The van der Waals surface area contributed by atoms with Crippen molar-refractivity contribution in [3.05, 3.63) is 170 Å². The molecule has 0 radical (unpaired) electrons. The lowest BCUT2D eigenvalue weighted by Crippen LogP contribution is -2.07. The molecular weight excluding hydrogens is 653 g/mol. The van der Waals surface area contributed by atoms with Gasteiger partial charge in [-0.3, -0.25) is 9.13 Å². The van der Waals surface area contributed by atoms with Crippen LogP contribution < -0.4 is 0 Å². The Balaban J connectivity index is 1.24. The lowest BCUT2D eigenvalue weighted by atomic mass is 10.0. The number of hydrogen-bond acceptors (Lipinski definition) is 5. The van der Waals surface area contributed by atoms with E-state index in [-0.39, 0.29) is 0 Å². The van der Waals surface area contributed by atoms with Gasteiger partial charge >= 0.3 is 6.01 Å². The van der Waals surface area contributed by atoms with Crippen molar-refractivity contribution < 1.29 is 4.42 Å². The van der Waals surface area contributed by atoms with Crippen LogP contribution in [0, 0.1) is 0 Å². The molecule has 0 aliphatic carbocycles. The zero-order chi connectivity index (χ0) is 34.9. The first-order valence-corrected chi connectivity index (χ1v) is 17.6. The molecule has 0 aliphatic rings. The predicted octanol–water partition coefficient (Wildman–Crippen LogP) is 11.2. The Bertz CT molecular complexity index is 3130. The van der Waals surface area contributed by atoms with Crippen molar-refractivity contribution in [2.24, 2.45) is 0 Å². The number of oxazole rings is 1. The van der Waals surface area contributed by atoms with Crippen LogP contribution in [0.5, 0.6) is 0 Å². The van der Waals surface area contributed by atoms with Crippen molar-refractivity contribution in [2.45, 2.75) is 0 Å². The van der Waals surface area contributed by atoms with Gasteiger partial charge in [0.05, 0.1) is 22.1 Å². The molecule has 0 unspecified atom stereocenters. The van der Waals surface area contributed by atoms with E-state index in [0.29, 0.717) is 23.6 Å². The average molecular weight is 681 g/mol. The predicted molar refractivity (Wildman–Crippen MR) is 212 cm³/mol. The van der Waals surface area contributed by atoms with Gasteiger partial charge < -0.3 is 4.42 Å². The Hall–Kier alpha value is -7.38. The first-order valence-electron chi connectivity index (χ1n) is 17.6. The summed E-state index contributed by atoms with van der Waals surface area (Å²) in [6.45, 7) is 0. The molecule has 4 aromatic heterocycles. The van der Waals surface area contributed by atoms with Gasteiger partial charge in [-0.2, -0.15) is 15.0 Å². The average Bonchev–Trinajstić information content (AvgIpc) is 3.91. The number of nitrogens with zero attached hydrogens (tertiary/aromatic N) is 6. The Morgan fingerprint density at radius 3 is 1.51 bits per heavy atom. The standard InChI is InChI=1S/C46H28N6O/c1-3-13-29(14-4-1)30-23-25-32(26-24-30)44-48-43(31-15-5-2-6-16-31)49-45(50-44)51-38-20-10-7-17-33(38)35-27-28-36-34-18-8-11-21-39(34)52(42(36)41(35)51)46-47-37-19-9-12-22-40(37)53-46/h1-28H. The van der Waals surface area contributed by atoms with E-state index in [9.17, 15) is 0 Å². The van der Waals surface area contributed by atoms with Crippen LogP contribution in [0.3, 0.4) is 0 Å². The van der Waals surface area contributed by atoms with Crippen molar-refractivity contribution >= 4 is 54.7 Å². The van der Waals surface area contributed by atoms with E-state index < -0.39 is 0 Å². The highest BCUT2D eigenvalue weighted by Crippen LogP contribution is 2.41. The molecule has 0 saturated carbocycles. The molecule has 0 fully saturated rings. The Morgan fingerprint density at radius 2 is 0.849 bits per heavy atom. The van der Waals surface area contributed by atoms with Crippen molar-refractivity contribution in [1.82, 2.24) is 29.1 Å². The van der Waals surface area contributed by atoms with Gasteiger partial charge in [-0.15, -0.1) is 0 Å². The summed E-state index contributed by atoms with van der Waals surface area (Å²) in [4.78, 5) is 20.6. The topological polar surface area (TPSA) is 74.6 Å². The van der Waals surface area contributed by atoms with Crippen molar-refractivity contribution in [3.63, 3.8) is 0 Å². The van der Waals surface area contributed by atoms with Crippen LogP contribution in [-0.4, -0.2) is 29.1 Å². The van der Waals surface area contributed by atoms with Gasteiger partial charge in [0.1, 0.15) is 5.52 Å². The second kappa shape index (κ2) is 11.6. The molecule has 0 amide bonds. The van der Waals surface area contributed by atoms with E-state index in [1.165, 1.54) is 0 Å². The largest absolute Gasteiger partial charge is 0.423 e. The molecule has 0 N–H and O–H groups in total. The fraction of sp³-hybridized carbons (Fsp3) is 0. The number of aromatic nitrogens is 6. The maximum Gasteiger partial charge on any atom is 0.307 e. The zero-order valence-electron chi connectivity index (χ0n) is 28.3. The van der Waals surface area contributed by atoms with Crippen molar-refractivity contribution in [2.75, 3.05) is 0 Å². The molecule has 7 heteroatoms. The highest BCUT2D eigenvalue weighted by Gasteiger charge is 2.25. The molecule has 4 heterocycles. The number of para-hydroxylation sites is 4. The lowest BCUT2D eigenvalue weighted by Gasteiger charge is -2.12. The Labute approximate surface area is 303 Å². The van der Waals surface area contributed by atoms with E-state index in [1.54, 1.807) is 0 Å². The number of benzene rings is 7. The maximum absolute atomic E-state index is 6.49. The summed E-state index contributed by atoms with van der Waals surface area (Å²) in [6, 6.07) is 58.6. The van der Waals surface area contributed by atoms with E-state index >= 15 is 0 Å². The van der Waals surface area contributed by atoms with E-state index in [4.69, 9.17) is 24.4 Å². The third-order valence-corrected chi connectivity index (χ3v) is 10.0. The summed E-state index contributed by atoms with van der Waals surface area (Å²) in [7, 11) is 0. The van der Waals surface area contributed by atoms with Crippen molar-refractivity contribution in [3.8, 4) is 45.9 Å². The Morgan fingerprint density at radius 1 is 0.358 bits per heavy atom. The van der Waals surface area contributed by atoms with E-state index in [0.717, 1.165) is 77.0 Å². The fourth-order valence-electron chi connectivity index (χ4n) is 7.62. The van der Waals surface area contributed by atoms with Crippen LogP contribution in [0.1, 0.15) is 0 Å². The normalized spacial score (nSPS) is 11.8. The summed E-state index contributed by atoms with van der Waals surface area (Å²) in [5, 5.41) is 4.34. The number of fused-ring (bicyclic) bond motifs is 8. The summed E-state index contributed by atoms with van der Waals surface area (Å²) < 4.78 is 10.8. The number of hydrogen-bond donors (Lipinski definition) is 0. The fourth-order valence-corrected chi connectivity index (χ4v) is 7.62. The van der Waals surface area contributed by atoms with Crippen LogP contribution in [0.2, 0.25) is 0 Å². The monoisotopic (exact) mass is 680 g/mol. The van der Waals surface area contributed by atoms with Gasteiger partial charge in [0.15, 0.2) is 17.2 Å². The molecule has 11 aromatic rings. The minimum absolute atomic E-state index is 0.501. The second-order valence-corrected chi connectivity index (χ2v) is 13.1. The van der Waals surface area contributed by atoms with Crippen LogP contribution in [-0.2, 0) is 0 Å². The van der Waals surface area contributed by atoms with E-state index in [1.807, 2.05) is 60.7 Å². The summed E-state index contributed by atoms with van der Waals surface area (Å²) in [5.41, 5.74) is 9.52. The van der Waals surface area contributed by atoms with Gasteiger partial charge in [-0.05, 0) is 35.4 Å². The SMILES string of the molecule is c1ccc(-c2ccc(-c3nc(-c4ccccc4)nc(-n4c5ccccc5c5ccc6c7ccccc7n(-c7nc8ccccc8o7)c6c54)n3)cc2)cc1. The van der Waals surface area contributed by atoms with Gasteiger partial charge in [0.2, 0.25) is 5.95 Å². The van der Waals surface area contributed by atoms with Gasteiger partial charge in [-0.1, -0.05) is 146 Å². The molecular formula is C46H28N6O. The molecule has 7 nitrogen and oxygen atoms in total. The molecule has 0 aliphatic heterocycles. The second-order valence-electron chi connectivity index (χ2n) is 13.1. The number of rotatable bonds is 5. The molecule has 0 bridgehead atoms. The van der Waals surface area contributed by atoms with E-state index in [2.05, 4.69) is 118 Å². The lowest BCUT2D eigenvalue weighted by molar-refractivity contribution is 0.574. The summed E-state index contributed by atoms with van der Waals surface area (Å²) in [6.07, 6.45) is 0. The van der Waals surface area contributed by atoms with Crippen LogP contribution >= 0.6 is 0 Å². The van der Waals surface area contributed by atoms with Crippen LogP contribution in [0.25, 0.3) is 101 Å². The quantitative estimate of drug-likeness (QED) is 0.181. The van der Waals surface area contributed by atoms with Crippen LogP contribution in [0.15, 0.2) is 174 Å². The molecule has 0 spiro atoms. The Kier molecular flexibility index (Phi) is 6.42. The maximum atomic E-state index is 6.49. The minimum Gasteiger partial charge on any atom is -0.423 e. The third kappa shape index (κ3) is 4.61. The molecule has 0 atom stereocenters. The van der Waals surface area contributed by atoms with Gasteiger partial charge in [0.25, 0.3) is 0 Å². The van der Waals surface area contributed by atoms with Gasteiger partial charge in [0, 0.05) is 32.7 Å². The highest BCUT2D eigenvalue weighted by atomic mass is 16.4. The first kappa shape index (κ1) is 29.4. The molecule has 7 aromatic carbocycles.